The molecule has 0 bridgehead atoms. The third-order valence-electron chi connectivity index (χ3n) is 5.21. The van der Waals surface area contributed by atoms with Gasteiger partial charge in [-0.1, -0.05) is 0 Å². The van der Waals surface area contributed by atoms with Crippen LogP contribution in [0.3, 0.4) is 0 Å². The van der Waals surface area contributed by atoms with Crippen LogP contribution in [0.25, 0.3) is 0 Å². The number of benzene rings is 4. The molecule has 0 aliphatic rings. The predicted molar refractivity (Wildman–Crippen MR) is 136 cm³/mol. The van der Waals surface area contributed by atoms with Crippen molar-refractivity contribution in [2.75, 3.05) is 0 Å². The van der Waals surface area contributed by atoms with Crippen LogP contribution in [0.1, 0.15) is 5.56 Å². The Labute approximate surface area is 191 Å². The average molecular weight is 462 g/mol. The van der Waals surface area contributed by atoms with Gasteiger partial charge in [0.1, 0.15) is 0 Å². The minimum atomic E-state index is -2.28. The second-order valence-corrected chi connectivity index (χ2v) is 11.1. The number of hydrogen-bond donors (Lipinski definition) is 0. The van der Waals surface area contributed by atoms with Gasteiger partial charge in [-0.15, -0.1) is 24.8 Å². The summed E-state index contributed by atoms with van der Waals surface area (Å²) in [5.41, 5.74) is 1.21. The first-order valence-electron chi connectivity index (χ1n) is 9.21. The molecule has 0 N–H and O–H groups in total. The molecule has 0 aliphatic carbocycles. The van der Waals surface area contributed by atoms with Crippen molar-refractivity contribution < 1.29 is 0 Å². The molecule has 0 amide bonds. The van der Waals surface area contributed by atoms with E-state index in [0.29, 0.717) is 0 Å². The molecule has 0 heterocycles. The Morgan fingerprint density at radius 2 is 0.828 bits per heavy atom. The molecule has 0 aromatic heterocycles. The van der Waals surface area contributed by atoms with Crippen molar-refractivity contribution >= 4 is 59.6 Å². The summed E-state index contributed by atoms with van der Waals surface area (Å²) in [6.07, 6.45) is 0.935. The predicted octanol–water partition coefficient (Wildman–Crippen LogP) is 6.41. The van der Waals surface area contributed by atoms with Gasteiger partial charge in [0.2, 0.25) is 0 Å². The van der Waals surface area contributed by atoms with Gasteiger partial charge < -0.3 is 0 Å². The molecule has 4 rings (SSSR count). The van der Waals surface area contributed by atoms with Crippen LogP contribution in [0.4, 0.5) is 0 Å². The van der Waals surface area contributed by atoms with Crippen LogP contribution < -0.4 is 15.9 Å². The summed E-state index contributed by atoms with van der Waals surface area (Å²) in [6, 6.07) is 41.1. The van der Waals surface area contributed by atoms with Crippen LogP contribution in [0.2, 0.25) is 5.02 Å². The zero-order valence-electron chi connectivity index (χ0n) is 15.9. The Morgan fingerprint density at radius 3 is 1.21 bits per heavy atom. The fourth-order valence-corrected chi connectivity index (χ4v) is 8.99. The maximum atomic E-state index is 6.61. The van der Waals surface area contributed by atoms with Crippen LogP contribution in [0.5, 0.6) is 0 Å². The van der Waals surface area contributed by atoms with Crippen LogP contribution >= 0.6 is 43.7 Å². The minimum absolute atomic E-state index is 0. The summed E-state index contributed by atoms with van der Waals surface area (Å²) in [4.78, 5) is 0. The Kier molecular flexibility index (Phi) is 8.75. The van der Waals surface area contributed by atoms with E-state index in [9.17, 15) is 0 Å². The topological polar surface area (TPSA) is 0 Å². The normalized spacial score (nSPS) is 11.1. The Bertz CT molecular complexity index is 909. The van der Waals surface area contributed by atoms with Crippen molar-refractivity contribution in [1.82, 2.24) is 0 Å². The molecule has 0 atom stereocenters. The zero-order chi connectivity index (χ0) is 18.5. The molecule has 4 aromatic carbocycles. The fraction of sp³-hybridized carbons (Fsp3) is 0.0400. The van der Waals surface area contributed by atoms with Crippen molar-refractivity contribution in [1.29, 1.82) is 0 Å². The van der Waals surface area contributed by atoms with Crippen molar-refractivity contribution in [3.63, 3.8) is 0 Å². The first kappa shape index (κ1) is 23.5. The van der Waals surface area contributed by atoms with Gasteiger partial charge >= 0.3 is 167 Å². The van der Waals surface area contributed by atoms with Crippen molar-refractivity contribution in [2.45, 2.75) is 6.16 Å². The first-order valence-corrected chi connectivity index (χ1v) is 11.8. The molecule has 0 aliphatic heterocycles. The maximum absolute atomic E-state index is 6.61. The third-order valence-corrected chi connectivity index (χ3v) is 10.4. The van der Waals surface area contributed by atoms with E-state index in [4.69, 9.17) is 11.6 Å². The molecule has 4 heteroatoms. The Balaban J connectivity index is 0.00000150. The molecule has 0 nitrogen and oxygen atoms in total. The van der Waals surface area contributed by atoms with E-state index in [2.05, 4.69) is 103 Å². The molecular formula is C25H24Cl3P. The second kappa shape index (κ2) is 10.8. The van der Waals surface area contributed by atoms with E-state index in [-0.39, 0.29) is 24.8 Å². The molecule has 29 heavy (non-hydrogen) atoms. The quantitative estimate of drug-likeness (QED) is 0.301. The number of halogens is 3. The second-order valence-electron chi connectivity index (χ2n) is 6.77. The van der Waals surface area contributed by atoms with E-state index in [1.165, 1.54) is 21.5 Å². The van der Waals surface area contributed by atoms with Crippen molar-refractivity contribution in [2.24, 2.45) is 0 Å². The SMILES string of the molecule is Cl.Cl.Clc1ccccc1C[PH](c1ccccc1)(c1ccccc1)c1ccccc1. The van der Waals surface area contributed by atoms with E-state index in [1.807, 2.05) is 12.1 Å². The van der Waals surface area contributed by atoms with Crippen LogP contribution in [-0.2, 0) is 6.16 Å². The molecular weight excluding hydrogens is 438 g/mol. The summed E-state index contributed by atoms with van der Waals surface area (Å²) in [5.74, 6) is 0. The van der Waals surface area contributed by atoms with Gasteiger partial charge in [0.25, 0.3) is 0 Å². The van der Waals surface area contributed by atoms with Gasteiger partial charge in [-0.3, -0.25) is 0 Å². The summed E-state index contributed by atoms with van der Waals surface area (Å²) >= 11 is 6.61. The molecule has 0 saturated heterocycles. The van der Waals surface area contributed by atoms with E-state index < -0.39 is 7.26 Å². The van der Waals surface area contributed by atoms with E-state index in [0.717, 1.165) is 11.2 Å². The zero-order valence-corrected chi connectivity index (χ0v) is 19.3. The summed E-state index contributed by atoms with van der Waals surface area (Å²) in [6.45, 7) is 0. The van der Waals surface area contributed by atoms with Gasteiger partial charge in [0.15, 0.2) is 0 Å². The van der Waals surface area contributed by atoms with Crippen molar-refractivity contribution in [3.8, 4) is 0 Å². The van der Waals surface area contributed by atoms with Gasteiger partial charge in [0, 0.05) is 0 Å². The summed E-state index contributed by atoms with van der Waals surface area (Å²) in [5, 5.41) is 5.06. The van der Waals surface area contributed by atoms with Gasteiger partial charge in [-0.05, 0) is 0 Å². The van der Waals surface area contributed by atoms with Crippen LogP contribution in [0.15, 0.2) is 115 Å². The molecule has 150 valence electrons. The monoisotopic (exact) mass is 460 g/mol. The van der Waals surface area contributed by atoms with Gasteiger partial charge in [-0.2, -0.15) is 0 Å². The molecule has 0 saturated carbocycles. The number of rotatable bonds is 5. The molecule has 0 radical (unpaired) electrons. The van der Waals surface area contributed by atoms with Crippen molar-refractivity contribution in [3.05, 3.63) is 126 Å². The number of hydrogen-bond acceptors (Lipinski definition) is 0. The fourth-order valence-electron chi connectivity index (χ4n) is 3.90. The molecule has 0 unspecified atom stereocenters. The molecule has 0 spiro atoms. The Morgan fingerprint density at radius 1 is 0.483 bits per heavy atom. The summed E-state index contributed by atoms with van der Waals surface area (Å²) in [7, 11) is -2.28. The van der Waals surface area contributed by atoms with Gasteiger partial charge in [0.05, 0.1) is 0 Å². The van der Waals surface area contributed by atoms with Crippen LogP contribution in [-0.4, -0.2) is 0 Å². The standard InChI is InChI=1S/C25H22ClP.2ClH/c26-25-19-11-10-12-21(25)20-27(22-13-4-1-5-14-22,23-15-6-2-7-16-23)24-17-8-3-9-18-24;;/h1-19,27H,20H2;2*1H. The van der Waals surface area contributed by atoms with Crippen LogP contribution in [0, 0.1) is 0 Å². The third kappa shape index (κ3) is 4.85. The molecule has 0 fully saturated rings. The van der Waals surface area contributed by atoms with E-state index in [1.54, 1.807) is 0 Å². The Hall–Kier alpha value is -1.82. The molecule has 4 aromatic rings. The first-order chi connectivity index (χ1) is 13.3. The summed E-state index contributed by atoms with van der Waals surface area (Å²) < 4.78 is 0. The average Bonchev–Trinajstić information content (AvgIpc) is 2.75. The van der Waals surface area contributed by atoms with E-state index >= 15 is 0 Å². The van der Waals surface area contributed by atoms with Gasteiger partial charge in [-0.25, -0.2) is 0 Å².